The van der Waals surface area contributed by atoms with Crippen molar-refractivity contribution < 1.29 is 13.2 Å². The second kappa shape index (κ2) is 6.97. The largest absolute Gasteiger partial charge is 0.325 e. The molecule has 0 spiro atoms. The Morgan fingerprint density at radius 2 is 1.92 bits per heavy atom. The first-order valence-corrected chi connectivity index (χ1v) is 9.86. The standard InChI is InChI=1S/C17H22N4O3S/c1-13-14(2)21(12-18-13)16-7-5-15(6-8-16)19-17(22)11-20-9-3-4-10-25(20,23)24/h5-8,12H,3-4,9-11H2,1-2H3,(H,19,22). The van der Waals surface area contributed by atoms with Crippen LogP contribution >= 0.6 is 0 Å². The average molecular weight is 362 g/mol. The number of hydrogen-bond acceptors (Lipinski definition) is 4. The Balaban J connectivity index is 1.65. The molecule has 134 valence electrons. The van der Waals surface area contributed by atoms with Gasteiger partial charge in [-0.2, -0.15) is 4.31 Å². The number of hydrogen-bond donors (Lipinski definition) is 1. The summed E-state index contributed by atoms with van der Waals surface area (Å²) in [5.41, 5.74) is 3.62. The van der Waals surface area contributed by atoms with E-state index in [1.54, 1.807) is 18.5 Å². The number of benzene rings is 1. The zero-order valence-electron chi connectivity index (χ0n) is 14.4. The van der Waals surface area contributed by atoms with E-state index in [1.165, 1.54) is 4.31 Å². The lowest BCUT2D eigenvalue weighted by atomic mass is 10.2. The summed E-state index contributed by atoms with van der Waals surface area (Å²) < 4.78 is 27.1. The van der Waals surface area contributed by atoms with Gasteiger partial charge < -0.3 is 9.88 Å². The van der Waals surface area contributed by atoms with E-state index in [0.717, 1.165) is 23.5 Å². The van der Waals surface area contributed by atoms with Gasteiger partial charge in [0.25, 0.3) is 0 Å². The van der Waals surface area contributed by atoms with Crippen molar-refractivity contribution in [2.75, 3.05) is 24.2 Å². The van der Waals surface area contributed by atoms with Gasteiger partial charge in [-0.05, 0) is 51.0 Å². The van der Waals surface area contributed by atoms with E-state index in [2.05, 4.69) is 10.3 Å². The smallest absolute Gasteiger partial charge is 0.239 e. The first-order chi connectivity index (χ1) is 11.9. The summed E-state index contributed by atoms with van der Waals surface area (Å²) >= 11 is 0. The molecule has 1 amide bonds. The molecule has 1 aliphatic rings. The molecule has 1 saturated heterocycles. The molecule has 8 heteroatoms. The molecule has 2 heterocycles. The van der Waals surface area contributed by atoms with Crippen LogP contribution in [-0.2, 0) is 14.8 Å². The molecule has 2 aromatic rings. The quantitative estimate of drug-likeness (QED) is 0.900. The molecular formula is C17H22N4O3S. The highest BCUT2D eigenvalue weighted by Crippen LogP contribution is 2.17. The Kier molecular flexibility index (Phi) is 4.91. The Bertz CT molecular complexity index is 872. The number of nitrogens with zero attached hydrogens (tertiary/aromatic N) is 3. The molecule has 7 nitrogen and oxygen atoms in total. The molecular weight excluding hydrogens is 340 g/mol. The van der Waals surface area contributed by atoms with Crippen molar-refractivity contribution in [3.63, 3.8) is 0 Å². The lowest BCUT2D eigenvalue weighted by Gasteiger charge is -2.25. The predicted molar refractivity (Wildman–Crippen MR) is 96.3 cm³/mol. The van der Waals surface area contributed by atoms with Crippen molar-refractivity contribution in [2.45, 2.75) is 26.7 Å². The second-order valence-corrected chi connectivity index (χ2v) is 8.33. The molecule has 0 aliphatic carbocycles. The molecule has 0 bridgehead atoms. The van der Waals surface area contributed by atoms with Gasteiger partial charge in [-0.3, -0.25) is 4.79 Å². The molecule has 3 rings (SSSR count). The van der Waals surface area contributed by atoms with E-state index in [9.17, 15) is 13.2 Å². The zero-order valence-corrected chi connectivity index (χ0v) is 15.2. The van der Waals surface area contributed by atoms with Crippen molar-refractivity contribution >= 4 is 21.6 Å². The Labute approximate surface area is 147 Å². The van der Waals surface area contributed by atoms with Crippen molar-refractivity contribution in [3.05, 3.63) is 42.0 Å². The van der Waals surface area contributed by atoms with E-state index in [1.807, 2.05) is 30.5 Å². The van der Waals surface area contributed by atoms with Crippen LogP contribution in [0.15, 0.2) is 30.6 Å². The van der Waals surface area contributed by atoms with Crippen LogP contribution in [0.1, 0.15) is 24.2 Å². The van der Waals surface area contributed by atoms with E-state index in [0.29, 0.717) is 18.7 Å². The zero-order chi connectivity index (χ0) is 18.0. The molecule has 1 fully saturated rings. The molecule has 25 heavy (non-hydrogen) atoms. The first-order valence-electron chi connectivity index (χ1n) is 8.25. The van der Waals surface area contributed by atoms with Gasteiger partial charge in [0.1, 0.15) is 0 Å². The average Bonchev–Trinajstić information content (AvgIpc) is 2.90. The van der Waals surface area contributed by atoms with E-state index in [-0.39, 0.29) is 18.2 Å². The summed E-state index contributed by atoms with van der Waals surface area (Å²) in [6.45, 7) is 4.23. The van der Waals surface area contributed by atoms with Crippen LogP contribution in [0.4, 0.5) is 5.69 Å². The maximum Gasteiger partial charge on any atom is 0.239 e. The van der Waals surface area contributed by atoms with Crippen LogP contribution < -0.4 is 5.32 Å². The van der Waals surface area contributed by atoms with Crippen molar-refractivity contribution in [3.8, 4) is 5.69 Å². The second-order valence-electron chi connectivity index (χ2n) is 6.24. The highest BCUT2D eigenvalue weighted by molar-refractivity contribution is 7.89. The number of amides is 1. The number of carbonyl (C=O) groups is 1. The van der Waals surface area contributed by atoms with Gasteiger partial charge in [-0.1, -0.05) is 0 Å². The first kappa shape index (κ1) is 17.6. The van der Waals surface area contributed by atoms with E-state index < -0.39 is 10.0 Å². The van der Waals surface area contributed by atoms with Gasteiger partial charge in [0.05, 0.1) is 24.3 Å². The fraction of sp³-hybridized carbons (Fsp3) is 0.412. The lowest BCUT2D eigenvalue weighted by Crippen LogP contribution is -2.42. The van der Waals surface area contributed by atoms with Gasteiger partial charge in [-0.15, -0.1) is 0 Å². The normalized spacial score (nSPS) is 17.4. The van der Waals surface area contributed by atoms with Gasteiger partial charge in [-0.25, -0.2) is 13.4 Å². The van der Waals surface area contributed by atoms with Gasteiger partial charge in [0.15, 0.2) is 0 Å². The fourth-order valence-electron chi connectivity index (χ4n) is 2.84. The maximum absolute atomic E-state index is 12.1. The summed E-state index contributed by atoms with van der Waals surface area (Å²) in [6, 6.07) is 7.38. The fourth-order valence-corrected chi connectivity index (χ4v) is 4.39. The monoisotopic (exact) mass is 362 g/mol. The summed E-state index contributed by atoms with van der Waals surface area (Å²) in [6.07, 6.45) is 3.22. The van der Waals surface area contributed by atoms with Crippen LogP contribution in [0.3, 0.4) is 0 Å². The minimum atomic E-state index is -3.29. The van der Waals surface area contributed by atoms with Gasteiger partial charge in [0.2, 0.25) is 15.9 Å². The molecule has 1 aromatic carbocycles. The third-order valence-electron chi connectivity index (χ3n) is 4.45. The summed E-state index contributed by atoms with van der Waals surface area (Å²) in [7, 11) is -3.29. The SMILES string of the molecule is Cc1ncn(-c2ccc(NC(=O)CN3CCCCS3(=O)=O)cc2)c1C. The lowest BCUT2D eigenvalue weighted by molar-refractivity contribution is -0.116. The highest BCUT2D eigenvalue weighted by atomic mass is 32.2. The minimum Gasteiger partial charge on any atom is -0.325 e. The van der Waals surface area contributed by atoms with E-state index >= 15 is 0 Å². The number of imidazole rings is 1. The molecule has 1 N–H and O–H groups in total. The minimum absolute atomic E-state index is 0.124. The van der Waals surface area contributed by atoms with E-state index in [4.69, 9.17) is 0 Å². The molecule has 0 unspecified atom stereocenters. The van der Waals surface area contributed by atoms with Crippen LogP contribution in [0.25, 0.3) is 5.69 Å². The van der Waals surface area contributed by atoms with Crippen LogP contribution in [0.2, 0.25) is 0 Å². The predicted octanol–water partition coefficient (Wildman–Crippen LogP) is 1.85. The van der Waals surface area contributed by atoms with Crippen molar-refractivity contribution in [1.29, 1.82) is 0 Å². The Hall–Kier alpha value is -2.19. The number of anilines is 1. The van der Waals surface area contributed by atoms with Crippen LogP contribution in [0.5, 0.6) is 0 Å². The number of sulfonamides is 1. The number of nitrogens with one attached hydrogen (secondary N) is 1. The molecule has 1 aliphatic heterocycles. The van der Waals surface area contributed by atoms with Crippen LogP contribution in [-0.4, -0.2) is 47.0 Å². The highest BCUT2D eigenvalue weighted by Gasteiger charge is 2.27. The van der Waals surface area contributed by atoms with Gasteiger partial charge in [0, 0.05) is 23.6 Å². The number of carbonyl (C=O) groups excluding carboxylic acids is 1. The van der Waals surface area contributed by atoms with Crippen LogP contribution in [0, 0.1) is 13.8 Å². The molecule has 0 radical (unpaired) electrons. The Morgan fingerprint density at radius 3 is 2.52 bits per heavy atom. The molecule has 0 saturated carbocycles. The third-order valence-corrected chi connectivity index (χ3v) is 6.36. The third kappa shape index (κ3) is 3.91. The maximum atomic E-state index is 12.1. The number of aryl methyl sites for hydroxylation is 1. The summed E-state index contributed by atoms with van der Waals surface area (Å²) in [5.74, 6) is -0.202. The summed E-state index contributed by atoms with van der Waals surface area (Å²) in [4.78, 5) is 16.4. The molecule has 1 aromatic heterocycles. The van der Waals surface area contributed by atoms with Crippen molar-refractivity contribution in [1.82, 2.24) is 13.9 Å². The topological polar surface area (TPSA) is 84.3 Å². The number of rotatable bonds is 4. The molecule has 0 atom stereocenters. The number of aromatic nitrogens is 2. The summed E-state index contributed by atoms with van der Waals surface area (Å²) in [5, 5.41) is 2.76. The van der Waals surface area contributed by atoms with Gasteiger partial charge >= 0.3 is 0 Å². The Morgan fingerprint density at radius 1 is 1.20 bits per heavy atom. The van der Waals surface area contributed by atoms with Crippen molar-refractivity contribution in [2.24, 2.45) is 0 Å².